The highest BCUT2D eigenvalue weighted by molar-refractivity contribution is 7.99. The van der Waals surface area contributed by atoms with E-state index in [1.165, 1.54) is 74.6 Å². The lowest BCUT2D eigenvalue weighted by molar-refractivity contribution is -0.118. The molecular weight excluding hydrogens is 340 g/mol. The van der Waals surface area contributed by atoms with Crippen LogP contribution in [-0.4, -0.2) is 17.4 Å². The summed E-state index contributed by atoms with van der Waals surface area (Å²) in [6.45, 7) is 2.12. The molecule has 1 amide bonds. The van der Waals surface area contributed by atoms with E-state index in [1.54, 1.807) is 11.8 Å². The zero-order chi connectivity index (χ0) is 18.5. The van der Waals surface area contributed by atoms with Gasteiger partial charge in [-0.3, -0.25) is 4.79 Å². The summed E-state index contributed by atoms with van der Waals surface area (Å²) in [7, 11) is 0. The molecule has 0 heterocycles. The van der Waals surface area contributed by atoms with Crippen LogP contribution in [0.25, 0.3) is 0 Å². The van der Waals surface area contributed by atoms with Gasteiger partial charge in [0.05, 0.1) is 5.75 Å². The molecule has 0 unspecified atom stereocenters. The van der Waals surface area contributed by atoms with Crippen LogP contribution >= 0.6 is 11.8 Å². The fraction of sp³-hybridized carbons (Fsp3) is 0.636. The lowest BCUT2D eigenvalue weighted by Gasteiger charge is -2.10. The molecule has 2 rings (SSSR count). The highest BCUT2D eigenvalue weighted by Crippen LogP contribution is 2.16. The maximum atomic E-state index is 12.1. The first-order valence-corrected chi connectivity index (χ1v) is 11.4. The molecule has 0 spiro atoms. The van der Waals surface area contributed by atoms with Gasteiger partial charge in [-0.2, -0.15) is 5.10 Å². The van der Waals surface area contributed by atoms with Crippen LogP contribution < -0.4 is 5.43 Å². The number of hydrazone groups is 1. The minimum absolute atomic E-state index is 0.0159. The van der Waals surface area contributed by atoms with Crippen LogP contribution in [0.3, 0.4) is 0 Å². The Morgan fingerprint density at radius 3 is 2.15 bits per heavy atom. The fourth-order valence-corrected chi connectivity index (χ4v) is 4.23. The second-order valence-electron chi connectivity index (χ2n) is 7.31. The number of rotatable bonds is 5. The summed E-state index contributed by atoms with van der Waals surface area (Å²) in [5.41, 5.74) is 6.56. The normalized spacial score (nSPS) is 17.0. The molecule has 26 heavy (non-hydrogen) atoms. The summed E-state index contributed by atoms with van der Waals surface area (Å²) >= 11 is 1.65. The van der Waals surface area contributed by atoms with E-state index in [0.29, 0.717) is 5.75 Å². The van der Waals surface area contributed by atoms with Gasteiger partial charge in [-0.1, -0.05) is 69.2 Å². The molecule has 3 nitrogen and oxygen atoms in total. The van der Waals surface area contributed by atoms with Crippen molar-refractivity contribution in [3.8, 4) is 0 Å². The van der Waals surface area contributed by atoms with E-state index in [9.17, 15) is 4.79 Å². The summed E-state index contributed by atoms with van der Waals surface area (Å²) < 4.78 is 0. The van der Waals surface area contributed by atoms with E-state index in [2.05, 4.69) is 41.7 Å². The fourth-order valence-electron chi connectivity index (χ4n) is 3.33. The molecule has 0 aromatic heterocycles. The number of nitrogens with zero attached hydrogens (tertiary/aromatic N) is 1. The number of carbonyl (C=O) groups excluding carboxylic acids is 1. The molecule has 1 N–H and O–H groups in total. The van der Waals surface area contributed by atoms with Gasteiger partial charge in [0.25, 0.3) is 0 Å². The van der Waals surface area contributed by atoms with E-state index < -0.39 is 0 Å². The highest BCUT2D eigenvalue weighted by atomic mass is 32.2. The number of aryl methyl sites for hydroxylation is 1. The Kier molecular flexibility index (Phi) is 10.5. The molecule has 0 atom stereocenters. The van der Waals surface area contributed by atoms with Crippen molar-refractivity contribution in [2.75, 3.05) is 5.75 Å². The molecule has 1 aliphatic carbocycles. The molecule has 0 bridgehead atoms. The van der Waals surface area contributed by atoms with Crippen LogP contribution in [0.1, 0.15) is 81.8 Å². The number of hydrogen-bond donors (Lipinski definition) is 1. The van der Waals surface area contributed by atoms with Crippen LogP contribution in [0.5, 0.6) is 0 Å². The molecule has 1 fully saturated rings. The first-order valence-electron chi connectivity index (χ1n) is 10.2. The van der Waals surface area contributed by atoms with Crippen molar-refractivity contribution in [2.45, 2.75) is 83.3 Å². The third kappa shape index (κ3) is 8.88. The highest BCUT2D eigenvalue weighted by Gasteiger charge is 2.06. The SMILES string of the molecule is Cc1ccccc1CSCC(=O)NN=C1CCCCCCCCCCC1. The Balaban J connectivity index is 1.72. The smallest absolute Gasteiger partial charge is 0.250 e. The molecule has 1 saturated carbocycles. The van der Waals surface area contributed by atoms with Crippen molar-refractivity contribution < 1.29 is 4.79 Å². The van der Waals surface area contributed by atoms with Gasteiger partial charge in [-0.05, 0) is 43.7 Å². The Morgan fingerprint density at radius 1 is 0.962 bits per heavy atom. The topological polar surface area (TPSA) is 41.5 Å². The maximum Gasteiger partial charge on any atom is 0.250 e. The number of amides is 1. The van der Waals surface area contributed by atoms with Crippen molar-refractivity contribution in [3.05, 3.63) is 35.4 Å². The van der Waals surface area contributed by atoms with Gasteiger partial charge in [-0.15, -0.1) is 11.8 Å². The average Bonchev–Trinajstić information content (AvgIpc) is 2.63. The number of carbonyl (C=O) groups is 1. The van der Waals surface area contributed by atoms with E-state index in [4.69, 9.17) is 0 Å². The van der Waals surface area contributed by atoms with Gasteiger partial charge in [0.15, 0.2) is 0 Å². The minimum Gasteiger partial charge on any atom is -0.272 e. The predicted molar refractivity (Wildman–Crippen MR) is 114 cm³/mol. The Morgan fingerprint density at radius 2 is 1.54 bits per heavy atom. The lowest BCUT2D eigenvalue weighted by Crippen LogP contribution is -2.21. The van der Waals surface area contributed by atoms with E-state index >= 15 is 0 Å². The third-order valence-corrected chi connectivity index (χ3v) is 6.00. The van der Waals surface area contributed by atoms with E-state index in [-0.39, 0.29) is 5.91 Å². The first-order chi connectivity index (χ1) is 12.8. The molecule has 144 valence electrons. The van der Waals surface area contributed by atoms with E-state index in [1.807, 2.05) is 0 Å². The molecule has 1 aromatic rings. The Bertz CT molecular complexity index is 557. The molecule has 0 radical (unpaired) electrons. The summed E-state index contributed by atoms with van der Waals surface area (Å²) in [6, 6.07) is 8.35. The van der Waals surface area contributed by atoms with Gasteiger partial charge in [0.2, 0.25) is 5.91 Å². The van der Waals surface area contributed by atoms with Gasteiger partial charge in [0.1, 0.15) is 0 Å². The second kappa shape index (κ2) is 13.0. The summed E-state index contributed by atoms with van der Waals surface area (Å²) in [6.07, 6.45) is 13.9. The zero-order valence-corrected chi connectivity index (χ0v) is 17.1. The number of thioether (sulfide) groups is 1. The first kappa shape index (κ1) is 21.0. The largest absolute Gasteiger partial charge is 0.272 e. The van der Waals surface area contributed by atoms with Gasteiger partial charge >= 0.3 is 0 Å². The van der Waals surface area contributed by atoms with Crippen molar-refractivity contribution in [1.82, 2.24) is 5.43 Å². The number of nitrogens with one attached hydrogen (secondary N) is 1. The van der Waals surface area contributed by atoms with Crippen LogP contribution in [0, 0.1) is 6.92 Å². The predicted octanol–water partition coefficient (Wildman–Crippen LogP) is 6.01. The van der Waals surface area contributed by atoms with Crippen molar-refractivity contribution in [2.24, 2.45) is 5.10 Å². The minimum atomic E-state index is 0.0159. The standard InChI is InChI=1S/C22H34N2OS/c1-19-13-11-12-14-20(19)17-26-18-22(25)24-23-21-15-9-7-5-3-2-4-6-8-10-16-21/h11-14H,2-10,15-18H2,1H3,(H,24,25). The lowest BCUT2D eigenvalue weighted by atomic mass is 10.00. The van der Waals surface area contributed by atoms with E-state index in [0.717, 1.165) is 18.6 Å². The molecule has 0 aliphatic heterocycles. The van der Waals surface area contributed by atoms with Gasteiger partial charge < -0.3 is 0 Å². The second-order valence-corrected chi connectivity index (χ2v) is 8.30. The van der Waals surface area contributed by atoms with Crippen LogP contribution in [0.4, 0.5) is 0 Å². The van der Waals surface area contributed by atoms with Gasteiger partial charge in [-0.25, -0.2) is 5.43 Å². The van der Waals surface area contributed by atoms with Gasteiger partial charge in [0, 0.05) is 11.5 Å². The molecule has 1 aliphatic rings. The summed E-state index contributed by atoms with van der Waals surface area (Å²) in [4.78, 5) is 12.1. The quantitative estimate of drug-likeness (QED) is 0.642. The van der Waals surface area contributed by atoms with Crippen LogP contribution in [-0.2, 0) is 10.5 Å². The third-order valence-electron chi connectivity index (χ3n) is 5.02. The monoisotopic (exact) mass is 374 g/mol. The summed E-state index contributed by atoms with van der Waals surface area (Å²) in [5, 5.41) is 4.46. The van der Waals surface area contributed by atoms with Crippen molar-refractivity contribution in [3.63, 3.8) is 0 Å². The van der Waals surface area contributed by atoms with Crippen molar-refractivity contribution >= 4 is 23.4 Å². The molecular formula is C22H34N2OS. The average molecular weight is 375 g/mol. The maximum absolute atomic E-state index is 12.1. The number of hydrogen-bond acceptors (Lipinski definition) is 3. The van der Waals surface area contributed by atoms with Crippen LogP contribution in [0.15, 0.2) is 29.4 Å². The summed E-state index contributed by atoms with van der Waals surface area (Å²) in [5.74, 6) is 1.35. The van der Waals surface area contributed by atoms with Crippen molar-refractivity contribution in [1.29, 1.82) is 0 Å². The molecule has 4 heteroatoms. The Hall–Kier alpha value is -1.29. The molecule has 0 saturated heterocycles. The molecule has 1 aromatic carbocycles. The zero-order valence-electron chi connectivity index (χ0n) is 16.3. The Labute approximate surface area is 163 Å². The number of benzene rings is 1. The van der Waals surface area contributed by atoms with Crippen LogP contribution in [0.2, 0.25) is 0 Å².